The van der Waals surface area contributed by atoms with Crippen molar-refractivity contribution in [2.45, 2.75) is 39.3 Å². The van der Waals surface area contributed by atoms with E-state index in [2.05, 4.69) is 26.8 Å². The van der Waals surface area contributed by atoms with Crippen LogP contribution in [0.2, 0.25) is 0 Å². The minimum Gasteiger partial charge on any atom is -0.294 e. The number of benzene rings is 1. The normalized spacial score (nSPS) is 21.4. The van der Waals surface area contributed by atoms with Crippen molar-refractivity contribution >= 4 is 0 Å². The van der Waals surface area contributed by atoms with Crippen molar-refractivity contribution in [3.8, 4) is 0 Å². The molecule has 0 amide bonds. The van der Waals surface area contributed by atoms with Gasteiger partial charge in [0.1, 0.15) is 0 Å². The maximum atomic E-state index is 12.7. The Morgan fingerprint density at radius 3 is 2.40 bits per heavy atom. The summed E-state index contributed by atoms with van der Waals surface area (Å²) in [5.74, 6) is 0.128. The fourth-order valence-electron chi connectivity index (χ4n) is 2.97. The van der Waals surface area contributed by atoms with Gasteiger partial charge in [0.25, 0.3) is 0 Å². The van der Waals surface area contributed by atoms with Crippen LogP contribution in [0.5, 0.6) is 0 Å². The van der Waals surface area contributed by atoms with Gasteiger partial charge in [-0.3, -0.25) is 4.90 Å². The Hall–Kier alpha value is -1.03. The highest BCUT2D eigenvalue weighted by Crippen LogP contribution is 2.39. The summed E-state index contributed by atoms with van der Waals surface area (Å²) in [7, 11) is 0. The van der Waals surface area contributed by atoms with Crippen molar-refractivity contribution in [3.63, 3.8) is 0 Å². The van der Waals surface area contributed by atoms with Crippen LogP contribution < -0.4 is 0 Å². The first-order chi connectivity index (χ1) is 9.17. The van der Waals surface area contributed by atoms with Crippen LogP contribution in [0.3, 0.4) is 0 Å². The lowest BCUT2D eigenvalue weighted by Crippen LogP contribution is -2.39. The molecule has 112 valence electrons. The van der Waals surface area contributed by atoms with Crippen LogP contribution >= 0.6 is 0 Å². The van der Waals surface area contributed by atoms with Crippen LogP contribution in [-0.2, 0) is 6.42 Å². The smallest absolute Gasteiger partial charge is 0.294 e. The molecule has 0 fully saturated rings. The molecule has 20 heavy (non-hydrogen) atoms. The van der Waals surface area contributed by atoms with E-state index >= 15 is 0 Å². The van der Waals surface area contributed by atoms with Crippen molar-refractivity contribution in [3.05, 3.63) is 35.4 Å². The number of fused-ring (bicyclic) bond motifs is 1. The standard InChI is InChI=1S/C16H22F3N/c1-15(2,3)14-10-20(11-16(17,18)19)9-8-12-6-4-5-7-13(12)14/h4-7,14H,8-11H2,1-3H3. The van der Waals surface area contributed by atoms with Crippen LogP contribution in [0.4, 0.5) is 13.2 Å². The van der Waals surface area contributed by atoms with Gasteiger partial charge in [0, 0.05) is 19.0 Å². The molecule has 1 aromatic rings. The molecule has 0 aromatic heterocycles. The summed E-state index contributed by atoms with van der Waals surface area (Å²) in [5, 5.41) is 0. The van der Waals surface area contributed by atoms with Gasteiger partial charge in [-0.25, -0.2) is 0 Å². The summed E-state index contributed by atoms with van der Waals surface area (Å²) in [5.41, 5.74) is 2.35. The van der Waals surface area contributed by atoms with Gasteiger partial charge in [-0.1, -0.05) is 45.0 Å². The number of alkyl halides is 3. The summed E-state index contributed by atoms with van der Waals surface area (Å²) in [6.07, 6.45) is -3.43. The Bertz CT molecular complexity index is 460. The van der Waals surface area contributed by atoms with E-state index in [9.17, 15) is 13.2 Å². The Morgan fingerprint density at radius 1 is 1.15 bits per heavy atom. The molecule has 0 spiro atoms. The van der Waals surface area contributed by atoms with Crippen LogP contribution in [0.25, 0.3) is 0 Å². The van der Waals surface area contributed by atoms with E-state index in [1.807, 2.05) is 18.2 Å². The van der Waals surface area contributed by atoms with Crippen molar-refractivity contribution in [2.24, 2.45) is 5.41 Å². The maximum Gasteiger partial charge on any atom is 0.401 e. The first-order valence-electron chi connectivity index (χ1n) is 7.04. The molecule has 1 unspecified atom stereocenters. The Labute approximate surface area is 118 Å². The zero-order valence-corrected chi connectivity index (χ0v) is 12.3. The molecule has 4 heteroatoms. The highest BCUT2D eigenvalue weighted by atomic mass is 19.4. The lowest BCUT2D eigenvalue weighted by atomic mass is 9.75. The zero-order valence-electron chi connectivity index (χ0n) is 12.3. The van der Waals surface area contributed by atoms with Gasteiger partial charge < -0.3 is 0 Å². The van der Waals surface area contributed by atoms with Crippen LogP contribution in [0.15, 0.2) is 24.3 Å². The second-order valence-corrected chi connectivity index (χ2v) is 6.72. The van der Waals surface area contributed by atoms with E-state index in [0.29, 0.717) is 19.5 Å². The summed E-state index contributed by atoms with van der Waals surface area (Å²) in [6.45, 7) is 6.44. The molecule has 2 rings (SSSR count). The van der Waals surface area contributed by atoms with Crippen molar-refractivity contribution in [1.82, 2.24) is 4.90 Å². The van der Waals surface area contributed by atoms with E-state index in [1.165, 1.54) is 11.1 Å². The summed E-state index contributed by atoms with van der Waals surface area (Å²) in [6, 6.07) is 8.07. The minimum atomic E-state index is -4.13. The Morgan fingerprint density at radius 2 is 1.80 bits per heavy atom. The summed E-state index contributed by atoms with van der Waals surface area (Å²) in [4.78, 5) is 1.55. The second-order valence-electron chi connectivity index (χ2n) is 6.72. The molecule has 1 nitrogen and oxygen atoms in total. The first kappa shape index (κ1) is 15.4. The lowest BCUT2D eigenvalue weighted by Gasteiger charge is -2.34. The van der Waals surface area contributed by atoms with Crippen LogP contribution in [0.1, 0.15) is 37.8 Å². The molecule has 1 aliphatic rings. The third-order valence-corrected chi connectivity index (χ3v) is 4.02. The first-order valence-corrected chi connectivity index (χ1v) is 7.04. The van der Waals surface area contributed by atoms with Crippen molar-refractivity contribution < 1.29 is 13.2 Å². The molecule has 0 N–H and O–H groups in total. The van der Waals surface area contributed by atoms with Gasteiger partial charge in [0.2, 0.25) is 0 Å². The molecule has 1 heterocycles. The molecular formula is C16H22F3N. The number of hydrogen-bond acceptors (Lipinski definition) is 1. The average molecular weight is 285 g/mol. The molecule has 1 atom stereocenters. The highest BCUT2D eigenvalue weighted by molar-refractivity contribution is 5.33. The number of hydrogen-bond donors (Lipinski definition) is 0. The topological polar surface area (TPSA) is 3.24 Å². The fraction of sp³-hybridized carbons (Fsp3) is 0.625. The highest BCUT2D eigenvalue weighted by Gasteiger charge is 2.36. The Kier molecular flexibility index (Phi) is 4.14. The van der Waals surface area contributed by atoms with Crippen LogP contribution in [-0.4, -0.2) is 30.7 Å². The van der Waals surface area contributed by atoms with Gasteiger partial charge in [-0.05, 0) is 23.0 Å². The molecule has 0 radical (unpaired) electrons. The predicted octanol–water partition coefficient (Wildman–Crippen LogP) is 4.24. The number of rotatable bonds is 1. The summed E-state index contributed by atoms with van der Waals surface area (Å²) < 4.78 is 38.1. The van der Waals surface area contributed by atoms with Gasteiger partial charge in [0.05, 0.1) is 6.54 Å². The minimum absolute atomic E-state index is 0.0513. The molecule has 1 aromatic carbocycles. The summed E-state index contributed by atoms with van der Waals surface area (Å²) >= 11 is 0. The molecular weight excluding hydrogens is 263 g/mol. The monoisotopic (exact) mass is 285 g/mol. The van der Waals surface area contributed by atoms with Gasteiger partial charge in [-0.2, -0.15) is 13.2 Å². The quantitative estimate of drug-likeness (QED) is 0.746. The zero-order chi connectivity index (χ0) is 15.0. The van der Waals surface area contributed by atoms with E-state index in [0.717, 1.165) is 0 Å². The van der Waals surface area contributed by atoms with E-state index in [1.54, 1.807) is 4.90 Å². The number of nitrogens with zero attached hydrogens (tertiary/aromatic N) is 1. The second kappa shape index (κ2) is 5.40. The Balaban J connectivity index is 2.30. The van der Waals surface area contributed by atoms with Gasteiger partial charge in [-0.15, -0.1) is 0 Å². The molecule has 0 bridgehead atoms. The number of halogens is 3. The molecule has 0 saturated carbocycles. The average Bonchev–Trinajstić information content (AvgIpc) is 2.47. The third-order valence-electron chi connectivity index (χ3n) is 4.02. The van der Waals surface area contributed by atoms with E-state index < -0.39 is 12.7 Å². The van der Waals surface area contributed by atoms with Crippen LogP contribution in [0, 0.1) is 5.41 Å². The lowest BCUT2D eigenvalue weighted by molar-refractivity contribution is -0.146. The van der Waals surface area contributed by atoms with E-state index in [4.69, 9.17) is 0 Å². The molecule has 1 aliphatic heterocycles. The van der Waals surface area contributed by atoms with E-state index in [-0.39, 0.29) is 11.3 Å². The van der Waals surface area contributed by atoms with Crippen molar-refractivity contribution in [1.29, 1.82) is 0 Å². The van der Waals surface area contributed by atoms with Gasteiger partial charge >= 0.3 is 6.18 Å². The fourth-order valence-corrected chi connectivity index (χ4v) is 2.97. The van der Waals surface area contributed by atoms with Crippen molar-refractivity contribution in [2.75, 3.05) is 19.6 Å². The largest absolute Gasteiger partial charge is 0.401 e. The molecule has 0 saturated heterocycles. The molecule has 0 aliphatic carbocycles. The van der Waals surface area contributed by atoms with Gasteiger partial charge in [0.15, 0.2) is 0 Å². The maximum absolute atomic E-state index is 12.7. The third kappa shape index (κ3) is 3.75. The SMILES string of the molecule is CC(C)(C)C1CN(CC(F)(F)F)CCc2ccccc21. The predicted molar refractivity (Wildman–Crippen MR) is 74.8 cm³/mol.